The van der Waals surface area contributed by atoms with Gasteiger partial charge >= 0.3 is 0 Å². The summed E-state index contributed by atoms with van der Waals surface area (Å²) in [6, 6.07) is 0.592. The molecule has 0 radical (unpaired) electrons. The first-order chi connectivity index (χ1) is 13.8. The number of hydrogen-bond acceptors (Lipinski definition) is 5. The van der Waals surface area contributed by atoms with E-state index in [4.69, 9.17) is 4.74 Å². The van der Waals surface area contributed by atoms with Gasteiger partial charge in [-0.15, -0.1) is 5.10 Å². The summed E-state index contributed by atoms with van der Waals surface area (Å²) in [4.78, 5) is 4.96. The van der Waals surface area contributed by atoms with E-state index in [9.17, 15) is 0 Å². The van der Waals surface area contributed by atoms with E-state index in [1.165, 1.54) is 38.5 Å². The molecule has 5 rings (SSSR count). The molecule has 156 valence electrons. The molecule has 6 heteroatoms. The molecule has 0 aromatic carbocycles. The SMILES string of the molecule is CCCN(CCN1CCOCC1)c1cn(C2CC3CC4CCC2C(C4)C3)nn1. The van der Waals surface area contributed by atoms with Crippen molar-refractivity contribution < 1.29 is 4.74 Å². The van der Waals surface area contributed by atoms with Crippen molar-refractivity contribution in [2.75, 3.05) is 50.8 Å². The van der Waals surface area contributed by atoms with E-state index in [-0.39, 0.29) is 0 Å². The van der Waals surface area contributed by atoms with Crippen molar-refractivity contribution in [2.45, 2.75) is 57.9 Å². The maximum absolute atomic E-state index is 5.48. The summed E-state index contributed by atoms with van der Waals surface area (Å²) in [5, 5.41) is 9.32. The van der Waals surface area contributed by atoms with Crippen molar-refractivity contribution in [1.29, 1.82) is 0 Å². The van der Waals surface area contributed by atoms with Gasteiger partial charge in [0.05, 0.1) is 25.5 Å². The molecule has 3 saturated carbocycles. The molecule has 0 spiro atoms. The fraction of sp³-hybridized carbons (Fsp3) is 0.909. The third-order valence-electron chi connectivity index (χ3n) is 7.97. The zero-order valence-corrected chi connectivity index (χ0v) is 17.5. The molecule has 3 bridgehead atoms. The van der Waals surface area contributed by atoms with Crippen LogP contribution in [0.5, 0.6) is 0 Å². The third kappa shape index (κ3) is 3.82. The molecule has 3 aliphatic carbocycles. The van der Waals surface area contributed by atoms with Gasteiger partial charge in [-0.25, -0.2) is 4.68 Å². The minimum Gasteiger partial charge on any atom is -0.379 e. The topological polar surface area (TPSA) is 46.4 Å². The Balaban J connectivity index is 1.27. The maximum atomic E-state index is 5.48. The second-order valence-electron chi connectivity index (χ2n) is 9.74. The van der Waals surface area contributed by atoms with Crippen LogP contribution in [0.25, 0.3) is 0 Å². The first kappa shape index (κ1) is 18.9. The Kier molecular flexibility index (Phi) is 5.60. The average molecular weight is 388 g/mol. The predicted octanol–water partition coefficient (Wildman–Crippen LogP) is 3.21. The van der Waals surface area contributed by atoms with Crippen LogP contribution in [-0.4, -0.2) is 65.8 Å². The number of nitrogens with zero attached hydrogens (tertiary/aromatic N) is 5. The summed E-state index contributed by atoms with van der Waals surface area (Å²) in [6.45, 7) is 9.30. The monoisotopic (exact) mass is 387 g/mol. The molecule has 28 heavy (non-hydrogen) atoms. The van der Waals surface area contributed by atoms with Crippen molar-refractivity contribution in [2.24, 2.45) is 23.7 Å². The quantitative estimate of drug-likeness (QED) is 0.719. The van der Waals surface area contributed by atoms with Gasteiger partial charge in [0.1, 0.15) is 0 Å². The van der Waals surface area contributed by atoms with Crippen molar-refractivity contribution in [3.63, 3.8) is 0 Å². The van der Waals surface area contributed by atoms with Crippen LogP contribution in [-0.2, 0) is 4.74 Å². The lowest BCUT2D eigenvalue weighted by Crippen LogP contribution is -2.43. The molecule has 4 aliphatic rings. The van der Waals surface area contributed by atoms with Crippen LogP contribution in [0.1, 0.15) is 57.9 Å². The van der Waals surface area contributed by atoms with Gasteiger partial charge in [-0.1, -0.05) is 18.6 Å². The van der Waals surface area contributed by atoms with Crippen molar-refractivity contribution in [3.8, 4) is 0 Å². The molecular formula is C22H37N5O. The molecule has 1 saturated heterocycles. The normalized spacial score (nSPS) is 35.2. The van der Waals surface area contributed by atoms with Gasteiger partial charge in [-0.05, 0) is 62.2 Å². The average Bonchev–Trinajstić information content (AvgIpc) is 3.20. The number of rotatable bonds is 7. The summed E-state index contributed by atoms with van der Waals surface area (Å²) in [7, 11) is 0. The molecule has 0 N–H and O–H groups in total. The second-order valence-corrected chi connectivity index (χ2v) is 9.74. The number of hydrogen-bond donors (Lipinski definition) is 0. The van der Waals surface area contributed by atoms with Crippen LogP contribution in [0.4, 0.5) is 5.82 Å². The van der Waals surface area contributed by atoms with Gasteiger partial charge in [-0.2, -0.15) is 0 Å². The lowest BCUT2D eigenvalue weighted by atomic mass is 9.56. The standard InChI is InChI=1S/C22H37N5O/c1-2-5-26(7-6-25-8-10-28-11-9-25)22-16-27(24-23-22)21-15-18-12-17-3-4-20(21)19(13-17)14-18/h16-21H,2-15H2,1H3. The third-order valence-corrected chi connectivity index (χ3v) is 7.97. The zero-order chi connectivity index (χ0) is 18.9. The van der Waals surface area contributed by atoms with E-state index in [0.29, 0.717) is 6.04 Å². The maximum Gasteiger partial charge on any atom is 0.171 e. The molecular weight excluding hydrogens is 350 g/mol. The van der Waals surface area contributed by atoms with Crippen LogP contribution < -0.4 is 4.90 Å². The summed E-state index contributed by atoms with van der Waals surface area (Å²) >= 11 is 0. The fourth-order valence-corrected chi connectivity index (χ4v) is 6.66. The van der Waals surface area contributed by atoms with Crippen LogP contribution in [0, 0.1) is 23.7 Å². The molecule has 5 unspecified atom stereocenters. The highest BCUT2D eigenvalue weighted by molar-refractivity contribution is 5.34. The van der Waals surface area contributed by atoms with Crippen LogP contribution in [0.3, 0.4) is 0 Å². The van der Waals surface area contributed by atoms with Crippen LogP contribution in [0.15, 0.2) is 6.20 Å². The Hall–Kier alpha value is -1.14. The van der Waals surface area contributed by atoms with Crippen molar-refractivity contribution >= 4 is 5.82 Å². The Morgan fingerprint density at radius 2 is 1.93 bits per heavy atom. The van der Waals surface area contributed by atoms with E-state index in [0.717, 1.165) is 81.8 Å². The number of morpholine rings is 1. The fourth-order valence-electron chi connectivity index (χ4n) is 6.66. The highest BCUT2D eigenvalue weighted by Gasteiger charge is 2.46. The molecule has 4 fully saturated rings. The van der Waals surface area contributed by atoms with E-state index in [1.54, 1.807) is 0 Å². The van der Waals surface area contributed by atoms with Crippen molar-refractivity contribution in [3.05, 3.63) is 6.20 Å². The Bertz CT molecular complexity index is 637. The van der Waals surface area contributed by atoms with Gasteiger partial charge in [0.2, 0.25) is 0 Å². The molecule has 1 aliphatic heterocycles. The number of fused-ring (bicyclic) bond motifs is 2. The van der Waals surface area contributed by atoms with Crippen molar-refractivity contribution in [1.82, 2.24) is 19.9 Å². The van der Waals surface area contributed by atoms with E-state index in [2.05, 4.69) is 37.9 Å². The van der Waals surface area contributed by atoms with E-state index < -0.39 is 0 Å². The second kappa shape index (κ2) is 8.31. The van der Waals surface area contributed by atoms with Gasteiger partial charge in [0.25, 0.3) is 0 Å². The van der Waals surface area contributed by atoms with Gasteiger partial charge in [0.15, 0.2) is 5.82 Å². The van der Waals surface area contributed by atoms with Gasteiger partial charge < -0.3 is 9.64 Å². The summed E-state index contributed by atoms with van der Waals surface area (Å²) in [5.74, 6) is 4.85. The molecule has 5 atom stereocenters. The Labute approximate surface area is 169 Å². The Morgan fingerprint density at radius 1 is 1.07 bits per heavy atom. The first-order valence-electron chi connectivity index (χ1n) is 11.8. The summed E-state index contributed by atoms with van der Waals surface area (Å²) in [6.07, 6.45) is 12.1. The Morgan fingerprint density at radius 3 is 2.79 bits per heavy atom. The van der Waals surface area contributed by atoms with Crippen LogP contribution in [0.2, 0.25) is 0 Å². The molecule has 0 amide bonds. The largest absolute Gasteiger partial charge is 0.379 e. The number of anilines is 1. The van der Waals surface area contributed by atoms with Gasteiger partial charge in [0, 0.05) is 32.7 Å². The zero-order valence-electron chi connectivity index (χ0n) is 17.5. The van der Waals surface area contributed by atoms with Crippen LogP contribution >= 0.6 is 0 Å². The summed E-state index contributed by atoms with van der Waals surface area (Å²) < 4.78 is 7.75. The number of aromatic nitrogens is 3. The highest BCUT2D eigenvalue weighted by Crippen LogP contribution is 2.55. The molecule has 1 aromatic rings. The highest BCUT2D eigenvalue weighted by atomic mass is 16.5. The minimum atomic E-state index is 0.592. The molecule has 2 heterocycles. The minimum absolute atomic E-state index is 0.592. The number of ether oxygens (including phenoxy) is 1. The lowest BCUT2D eigenvalue weighted by Gasteiger charge is -2.51. The van der Waals surface area contributed by atoms with Gasteiger partial charge in [-0.3, -0.25) is 4.90 Å². The lowest BCUT2D eigenvalue weighted by molar-refractivity contribution is -0.00976. The predicted molar refractivity (Wildman–Crippen MR) is 110 cm³/mol. The molecule has 1 aromatic heterocycles. The molecule has 6 nitrogen and oxygen atoms in total. The first-order valence-corrected chi connectivity index (χ1v) is 11.8. The van der Waals surface area contributed by atoms with E-state index in [1.807, 2.05) is 0 Å². The smallest absolute Gasteiger partial charge is 0.171 e. The van der Waals surface area contributed by atoms with E-state index >= 15 is 0 Å². The summed E-state index contributed by atoms with van der Waals surface area (Å²) in [5.41, 5.74) is 0.